The minimum absolute atomic E-state index is 0.196. The lowest BCUT2D eigenvalue weighted by Crippen LogP contribution is -2.43. The molecule has 1 fully saturated rings. The molecule has 1 saturated heterocycles. The van der Waals surface area contributed by atoms with Crippen LogP contribution in [0.3, 0.4) is 0 Å². The maximum atomic E-state index is 12.6. The van der Waals surface area contributed by atoms with Crippen LogP contribution in [0.1, 0.15) is 23.2 Å². The number of aromatic nitrogens is 1. The van der Waals surface area contributed by atoms with Gasteiger partial charge in [-0.2, -0.15) is 0 Å². The summed E-state index contributed by atoms with van der Waals surface area (Å²) in [6, 6.07) is 7.71. The molecule has 0 radical (unpaired) electrons. The van der Waals surface area contributed by atoms with Crippen LogP contribution < -0.4 is 5.32 Å². The van der Waals surface area contributed by atoms with Crippen molar-refractivity contribution in [1.82, 2.24) is 9.88 Å². The molecule has 1 aliphatic rings. The summed E-state index contributed by atoms with van der Waals surface area (Å²) in [5, 5.41) is 3.64. The second kappa shape index (κ2) is 7.20. The van der Waals surface area contributed by atoms with E-state index in [-0.39, 0.29) is 11.8 Å². The lowest BCUT2D eigenvalue weighted by Gasteiger charge is -2.24. The monoisotopic (exact) mass is 363 g/mol. The van der Waals surface area contributed by atoms with Crippen molar-refractivity contribution in [2.24, 2.45) is 0 Å². The molecule has 0 spiro atoms. The van der Waals surface area contributed by atoms with Crippen molar-refractivity contribution in [3.05, 3.63) is 58.3 Å². The Kier molecular flexibility index (Phi) is 5.02. The van der Waals surface area contributed by atoms with Gasteiger partial charge in [-0.1, -0.05) is 23.2 Å². The second-order valence-corrected chi connectivity index (χ2v) is 6.36. The number of nitrogens with one attached hydrogen (secondary N) is 1. The van der Waals surface area contributed by atoms with Gasteiger partial charge in [-0.3, -0.25) is 14.6 Å². The number of hydrogen-bond donors (Lipinski definition) is 1. The fourth-order valence-corrected chi connectivity index (χ4v) is 3.08. The number of benzene rings is 1. The highest BCUT2D eigenvalue weighted by molar-refractivity contribution is 6.35. The van der Waals surface area contributed by atoms with Gasteiger partial charge in [0.15, 0.2) is 0 Å². The van der Waals surface area contributed by atoms with Gasteiger partial charge in [-0.05, 0) is 43.2 Å². The summed E-state index contributed by atoms with van der Waals surface area (Å²) in [6.07, 6.45) is 4.49. The van der Waals surface area contributed by atoms with Crippen LogP contribution in [-0.2, 0) is 4.79 Å². The maximum Gasteiger partial charge on any atom is 0.256 e. The molecular formula is C17H15Cl2N3O2. The molecule has 1 aromatic heterocycles. The number of amides is 2. The van der Waals surface area contributed by atoms with E-state index in [9.17, 15) is 9.59 Å². The number of likely N-dealkylation sites (tertiary alicyclic amines) is 1. The van der Waals surface area contributed by atoms with E-state index in [1.54, 1.807) is 41.4 Å². The zero-order valence-electron chi connectivity index (χ0n) is 12.7. The van der Waals surface area contributed by atoms with Crippen molar-refractivity contribution in [2.45, 2.75) is 18.9 Å². The quantitative estimate of drug-likeness (QED) is 0.905. The molecule has 1 atom stereocenters. The van der Waals surface area contributed by atoms with Gasteiger partial charge in [0.2, 0.25) is 5.91 Å². The largest absolute Gasteiger partial charge is 0.327 e. The number of carbonyl (C=O) groups is 2. The smallest absolute Gasteiger partial charge is 0.256 e. The van der Waals surface area contributed by atoms with E-state index in [1.165, 1.54) is 6.20 Å². The van der Waals surface area contributed by atoms with E-state index in [1.807, 2.05) is 0 Å². The fourth-order valence-electron chi connectivity index (χ4n) is 2.75. The summed E-state index contributed by atoms with van der Waals surface area (Å²) >= 11 is 12.0. The average molecular weight is 364 g/mol. The number of pyridine rings is 1. The summed E-state index contributed by atoms with van der Waals surface area (Å²) in [5.74, 6) is -0.466. The first-order valence-corrected chi connectivity index (χ1v) is 8.29. The Morgan fingerprint density at radius 2 is 2.08 bits per heavy atom. The first-order chi connectivity index (χ1) is 11.6. The van der Waals surface area contributed by atoms with Crippen LogP contribution in [-0.4, -0.2) is 34.3 Å². The number of hydrogen-bond acceptors (Lipinski definition) is 3. The van der Waals surface area contributed by atoms with Crippen LogP contribution in [0.5, 0.6) is 0 Å². The van der Waals surface area contributed by atoms with Gasteiger partial charge >= 0.3 is 0 Å². The molecule has 0 bridgehead atoms. The normalized spacial score (nSPS) is 16.9. The Morgan fingerprint density at radius 3 is 2.83 bits per heavy atom. The van der Waals surface area contributed by atoms with E-state index in [0.717, 1.165) is 6.42 Å². The van der Waals surface area contributed by atoms with Crippen LogP contribution in [0.2, 0.25) is 10.0 Å². The lowest BCUT2D eigenvalue weighted by molar-refractivity contribution is -0.119. The predicted molar refractivity (Wildman–Crippen MR) is 93.4 cm³/mol. The van der Waals surface area contributed by atoms with E-state index in [2.05, 4.69) is 10.3 Å². The Morgan fingerprint density at radius 1 is 1.25 bits per heavy atom. The van der Waals surface area contributed by atoms with Gasteiger partial charge in [0.1, 0.15) is 6.04 Å². The molecule has 1 N–H and O–H groups in total. The van der Waals surface area contributed by atoms with Crippen molar-refractivity contribution in [1.29, 1.82) is 0 Å². The first-order valence-electron chi connectivity index (χ1n) is 7.53. The number of rotatable bonds is 3. The van der Waals surface area contributed by atoms with Crippen molar-refractivity contribution in [3.63, 3.8) is 0 Å². The highest BCUT2D eigenvalue weighted by atomic mass is 35.5. The molecule has 1 aliphatic heterocycles. The molecule has 0 aliphatic carbocycles. The third-order valence-electron chi connectivity index (χ3n) is 3.91. The number of anilines is 1. The van der Waals surface area contributed by atoms with Gasteiger partial charge in [-0.15, -0.1) is 0 Å². The first kappa shape index (κ1) is 16.7. The Hall–Kier alpha value is -2.11. The Balaban J connectivity index is 1.76. The van der Waals surface area contributed by atoms with Gasteiger partial charge < -0.3 is 10.2 Å². The van der Waals surface area contributed by atoms with Crippen molar-refractivity contribution in [3.8, 4) is 0 Å². The summed E-state index contributed by atoms with van der Waals surface area (Å²) < 4.78 is 0. The maximum absolute atomic E-state index is 12.6. The molecule has 124 valence electrons. The predicted octanol–water partition coefficient (Wildman–Crippen LogP) is 3.63. The van der Waals surface area contributed by atoms with Gasteiger partial charge in [0, 0.05) is 24.0 Å². The minimum Gasteiger partial charge on any atom is -0.327 e. The van der Waals surface area contributed by atoms with E-state index < -0.39 is 6.04 Å². The van der Waals surface area contributed by atoms with E-state index in [4.69, 9.17) is 23.2 Å². The van der Waals surface area contributed by atoms with Crippen molar-refractivity contribution >= 4 is 40.7 Å². The molecule has 2 heterocycles. The molecule has 7 heteroatoms. The van der Waals surface area contributed by atoms with Crippen molar-refractivity contribution in [2.75, 3.05) is 11.9 Å². The molecule has 0 unspecified atom stereocenters. The van der Waals surface area contributed by atoms with Crippen LogP contribution in [0.4, 0.5) is 5.69 Å². The zero-order valence-corrected chi connectivity index (χ0v) is 14.2. The average Bonchev–Trinajstić information content (AvgIpc) is 3.08. The van der Waals surface area contributed by atoms with Crippen LogP contribution in [0.25, 0.3) is 0 Å². The molecule has 2 amide bonds. The fraction of sp³-hybridized carbons (Fsp3) is 0.235. The summed E-state index contributed by atoms with van der Waals surface area (Å²) in [6.45, 7) is 0.537. The molecule has 24 heavy (non-hydrogen) atoms. The molecule has 2 aromatic rings. The van der Waals surface area contributed by atoms with Crippen LogP contribution in [0.15, 0.2) is 42.7 Å². The topological polar surface area (TPSA) is 62.3 Å². The van der Waals surface area contributed by atoms with Gasteiger partial charge in [-0.25, -0.2) is 0 Å². The standard InChI is InChI=1S/C17H15Cl2N3O2/c18-12-5-6-13(19)14(9-12)21-16(23)15-4-2-8-22(15)17(24)11-3-1-7-20-10-11/h1,3,5-7,9-10,15H,2,4,8H2,(H,21,23)/t15-/m1/s1. The van der Waals surface area contributed by atoms with Gasteiger partial charge in [0.25, 0.3) is 5.91 Å². The Labute approximate surface area is 149 Å². The third-order valence-corrected chi connectivity index (χ3v) is 4.48. The highest BCUT2D eigenvalue weighted by Crippen LogP contribution is 2.27. The summed E-state index contributed by atoms with van der Waals surface area (Å²) in [5.41, 5.74) is 0.910. The molecule has 0 saturated carbocycles. The molecule has 3 rings (SSSR count). The Bertz CT molecular complexity index is 768. The van der Waals surface area contributed by atoms with Crippen LogP contribution >= 0.6 is 23.2 Å². The number of nitrogens with zero attached hydrogens (tertiary/aromatic N) is 2. The lowest BCUT2D eigenvalue weighted by atomic mass is 10.1. The SMILES string of the molecule is O=C(Nc1cc(Cl)ccc1Cl)[C@H]1CCCN1C(=O)c1cccnc1. The molecule has 5 nitrogen and oxygen atoms in total. The third kappa shape index (κ3) is 3.52. The van der Waals surface area contributed by atoms with Crippen molar-refractivity contribution < 1.29 is 9.59 Å². The minimum atomic E-state index is -0.534. The molecular weight excluding hydrogens is 349 g/mol. The van der Waals surface area contributed by atoms with Gasteiger partial charge in [0.05, 0.1) is 16.3 Å². The number of halogens is 2. The zero-order chi connectivity index (χ0) is 17.1. The molecule has 1 aromatic carbocycles. The summed E-state index contributed by atoms with van der Waals surface area (Å²) in [7, 11) is 0. The van der Waals surface area contributed by atoms with E-state index >= 15 is 0 Å². The highest BCUT2D eigenvalue weighted by Gasteiger charge is 2.34. The van der Waals surface area contributed by atoms with E-state index in [0.29, 0.717) is 34.3 Å². The number of carbonyl (C=O) groups excluding carboxylic acids is 2. The van der Waals surface area contributed by atoms with Crippen LogP contribution in [0, 0.1) is 0 Å². The summed E-state index contributed by atoms with van der Waals surface area (Å²) in [4.78, 5) is 30.7. The second-order valence-electron chi connectivity index (χ2n) is 5.51.